The molecule has 23 heavy (non-hydrogen) atoms. The second-order valence-corrected chi connectivity index (χ2v) is 6.46. The smallest absolute Gasteiger partial charge is 0.319 e. The molecule has 1 aliphatic carbocycles. The van der Waals surface area contributed by atoms with Crippen LogP contribution in [0.15, 0.2) is 24.3 Å². The van der Waals surface area contributed by atoms with E-state index in [1.165, 1.54) is 19.3 Å². The Morgan fingerprint density at radius 1 is 1.26 bits per heavy atom. The molecule has 2 rings (SSSR count). The highest BCUT2D eigenvalue weighted by atomic mass is 16.5. The topological polar surface area (TPSA) is 53.6 Å². The molecule has 0 unspecified atom stereocenters. The molecular weight excluding hydrogens is 290 g/mol. The maximum absolute atomic E-state index is 12.0. The Morgan fingerprint density at radius 3 is 2.74 bits per heavy atom. The molecule has 0 bridgehead atoms. The van der Waals surface area contributed by atoms with Gasteiger partial charge in [-0.2, -0.15) is 0 Å². The van der Waals surface area contributed by atoms with Crippen LogP contribution in [0.5, 0.6) is 0 Å². The first-order chi connectivity index (χ1) is 11.1. The molecule has 0 aliphatic heterocycles. The molecule has 128 valence electrons. The van der Waals surface area contributed by atoms with Crippen LogP contribution in [0.2, 0.25) is 0 Å². The van der Waals surface area contributed by atoms with Gasteiger partial charge in [-0.05, 0) is 30.9 Å². The maximum atomic E-state index is 12.0. The van der Waals surface area contributed by atoms with E-state index in [-0.39, 0.29) is 6.03 Å². The number of nitrogens with one attached hydrogen (secondary N) is 2. The lowest BCUT2D eigenvalue weighted by Crippen LogP contribution is -2.34. The number of carbonyl (C=O) groups excluding carboxylic acids is 1. The number of urea groups is 1. The van der Waals surface area contributed by atoms with Crippen molar-refractivity contribution < 1.29 is 9.53 Å². The van der Waals surface area contributed by atoms with Crippen molar-refractivity contribution >= 4 is 17.4 Å². The number of carbonyl (C=O) groups is 1. The zero-order valence-electron chi connectivity index (χ0n) is 14.5. The third-order valence-corrected chi connectivity index (χ3v) is 4.39. The number of rotatable bonds is 6. The molecule has 1 aromatic rings. The standard InChI is InChI=1S/C18H29N3O2/c1-14-8-4-7-11-17(14)23-13-12-19-18(22)20-15-9-5-6-10-16(15)21(2)3/h5-6,9-10,14,17H,4,7-8,11-13H2,1-3H3,(H2,19,20,22)/t14-,17+/m0/s1. The quantitative estimate of drug-likeness (QED) is 0.789. The van der Waals surface area contributed by atoms with Gasteiger partial charge in [-0.15, -0.1) is 0 Å². The number of hydrogen-bond donors (Lipinski definition) is 2. The molecule has 5 heteroatoms. The van der Waals surface area contributed by atoms with E-state index >= 15 is 0 Å². The van der Waals surface area contributed by atoms with Gasteiger partial charge < -0.3 is 20.3 Å². The van der Waals surface area contributed by atoms with Crippen LogP contribution in [0.25, 0.3) is 0 Å². The van der Waals surface area contributed by atoms with E-state index in [9.17, 15) is 4.79 Å². The van der Waals surface area contributed by atoms with Crippen LogP contribution in [-0.4, -0.2) is 39.4 Å². The van der Waals surface area contributed by atoms with Crippen molar-refractivity contribution in [3.63, 3.8) is 0 Å². The Morgan fingerprint density at radius 2 is 2.00 bits per heavy atom. The van der Waals surface area contributed by atoms with E-state index in [0.29, 0.717) is 25.2 Å². The SMILES string of the molecule is C[C@H]1CCCC[C@H]1OCCNC(=O)Nc1ccccc1N(C)C. The predicted octanol–water partition coefficient (Wildman–Crippen LogP) is 3.47. The van der Waals surface area contributed by atoms with Gasteiger partial charge in [-0.3, -0.25) is 0 Å². The predicted molar refractivity (Wildman–Crippen MR) is 95.2 cm³/mol. The van der Waals surface area contributed by atoms with E-state index in [2.05, 4.69) is 17.6 Å². The van der Waals surface area contributed by atoms with Gasteiger partial charge in [0.05, 0.1) is 24.1 Å². The number of amides is 2. The van der Waals surface area contributed by atoms with Gasteiger partial charge in [0.2, 0.25) is 0 Å². The molecule has 0 aromatic heterocycles. The van der Waals surface area contributed by atoms with Gasteiger partial charge in [0.25, 0.3) is 0 Å². The van der Waals surface area contributed by atoms with Crippen LogP contribution in [-0.2, 0) is 4.74 Å². The first-order valence-electron chi connectivity index (χ1n) is 8.50. The lowest BCUT2D eigenvalue weighted by molar-refractivity contribution is -0.00232. The minimum atomic E-state index is -0.195. The fourth-order valence-electron chi connectivity index (χ4n) is 3.04. The third-order valence-electron chi connectivity index (χ3n) is 4.39. The van der Waals surface area contributed by atoms with Gasteiger partial charge >= 0.3 is 6.03 Å². The molecule has 0 heterocycles. The summed E-state index contributed by atoms with van der Waals surface area (Å²) < 4.78 is 5.91. The number of nitrogens with zero attached hydrogens (tertiary/aromatic N) is 1. The Bertz CT molecular complexity index is 505. The van der Waals surface area contributed by atoms with Gasteiger partial charge in [0.1, 0.15) is 0 Å². The van der Waals surface area contributed by atoms with Crippen molar-refractivity contribution in [1.82, 2.24) is 5.32 Å². The van der Waals surface area contributed by atoms with Gasteiger partial charge in [-0.1, -0.05) is 31.9 Å². The van der Waals surface area contributed by atoms with Gasteiger partial charge in [-0.25, -0.2) is 4.79 Å². The highest BCUT2D eigenvalue weighted by molar-refractivity contribution is 5.93. The highest BCUT2D eigenvalue weighted by Crippen LogP contribution is 2.26. The van der Waals surface area contributed by atoms with E-state index < -0.39 is 0 Å². The fourth-order valence-corrected chi connectivity index (χ4v) is 3.04. The Balaban J connectivity index is 1.71. The molecule has 0 spiro atoms. The molecule has 1 aliphatic rings. The summed E-state index contributed by atoms with van der Waals surface area (Å²) in [5.74, 6) is 0.629. The normalized spacial score (nSPS) is 20.8. The van der Waals surface area contributed by atoms with Gasteiger partial charge in [0.15, 0.2) is 0 Å². The second kappa shape index (κ2) is 8.77. The summed E-state index contributed by atoms with van der Waals surface area (Å²) in [6.45, 7) is 3.35. The van der Waals surface area contributed by atoms with Gasteiger partial charge in [0, 0.05) is 20.6 Å². The second-order valence-electron chi connectivity index (χ2n) is 6.46. The minimum Gasteiger partial charge on any atom is -0.376 e. The molecule has 0 radical (unpaired) electrons. The number of anilines is 2. The maximum Gasteiger partial charge on any atom is 0.319 e. The van der Waals surface area contributed by atoms with Crippen LogP contribution in [0.3, 0.4) is 0 Å². The van der Waals surface area contributed by atoms with E-state index in [0.717, 1.165) is 17.8 Å². The molecule has 1 aromatic carbocycles. The lowest BCUT2D eigenvalue weighted by atomic mass is 9.88. The molecule has 1 fully saturated rings. The first-order valence-corrected chi connectivity index (χ1v) is 8.50. The van der Waals surface area contributed by atoms with Crippen molar-refractivity contribution in [2.75, 3.05) is 37.5 Å². The zero-order valence-corrected chi connectivity index (χ0v) is 14.5. The summed E-state index contributed by atoms with van der Waals surface area (Å²) >= 11 is 0. The van der Waals surface area contributed by atoms with E-state index in [1.807, 2.05) is 43.3 Å². The van der Waals surface area contributed by atoms with Crippen molar-refractivity contribution in [3.05, 3.63) is 24.3 Å². The molecule has 1 saturated carbocycles. The fraction of sp³-hybridized carbons (Fsp3) is 0.611. The average molecular weight is 319 g/mol. The summed E-state index contributed by atoms with van der Waals surface area (Å²) in [5.41, 5.74) is 1.78. The molecule has 5 nitrogen and oxygen atoms in total. The van der Waals surface area contributed by atoms with Crippen molar-refractivity contribution in [2.24, 2.45) is 5.92 Å². The molecule has 2 N–H and O–H groups in total. The van der Waals surface area contributed by atoms with Crippen LogP contribution >= 0.6 is 0 Å². The number of ether oxygens (including phenoxy) is 1. The number of para-hydroxylation sites is 2. The van der Waals surface area contributed by atoms with E-state index in [1.54, 1.807) is 0 Å². The summed E-state index contributed by atoms with van der Waals surface area (Å²) in [5, 5.41) is 5.75. The number of hydrogen-bond acceptors (Lipinski definition) is 3. The monoisotopic (exact) mass is 319 g/mol. The van der Waals surface area contributed by atoms with Crippen LogP contribution < -0.4 is 15.5 Å². The van der Waals surface area contributed by atoms with Crippen LogP contribution in [0.1, 0.15) is 32.6 Å². The number of benzene rings is 1. The molecular formula is C18H29N3O2. The van der Waals surface area contributed by atoms with Crippen molar-refractivity contribution in [3.8, 4) is 0 Å². The van der Waals surface area contributed by atoms with Crippen LogP contribution in [0, 0.1) is 5.92 Å². The Labute approximate surface area is 139 Å². The molecule has 0 saturated heterocycles. The van der Waals surface area contributed by atoms with Crippen LogP contribution in [0.4, 0.5) is 16.2 Å². The highest BCUT2D eigenvalue weighted by Gasteiger charge is 2.21. The summed E-state index contributed by atoms with van der Waals surface area (Å²) in [4.78, 5) is 14.0. The minimum absolute atomic E-state index is 0.195. The lowest BCUT2D eigenvalue weighted by Gasteiger charge is -2.28. The Hall–Kier alpha value is -1.75. The molecule has 2 amide bonds. The zero-order chi connectivity index (χ0) is 16.7. The third kappa shape index (κ3) is 5.43. The summed E-state index contributed by atoms with van der Waals surface area (Å²) in [6, 6.07) is 7.55. The van der Waals surface area contributed by atoms with E-state index in [4.69, 9.17) is 4.74 Å². The largest absolute Gasteiger partial charge is 0.376 e. The summed E-state index contributed by atoms with van der Waals surface area (Å²) in [7, 11) is 3.91. The molecule has 2 atom stereocenters. The average Bonchev–Trinajstić information content (AvgIpc) is 2.53. The first kappa shape index (κ1) is 17.6. The van der Waals surface area contributed by atoms with Crippen molar-refractivity contribution in [2.45, 2.75) is 38.7 Å². The summed E-state index contributed by atoms with van der Waals surface area (Å²) in [6.07, 6.45) is 5.31. The van der Waals surface area contributed by atoms with Crippen molar-refractivity contribution in [1.29, 1.82) is 0 Å². The Kier molecular flexibility index (Phi) is 6.71.